The van der Waals surface area contributed by atoms with E-state index in [1.807, 2.05) is 0 Å². The van der Waals surface area contributed by atoms with Gasteiger partial charge in [-0.15, -0.1) is 0 Å². The van der Waals surface area contributed by atoms with Crippen LogP contribution in [0.5, 0.6) is 5.75 Å². The highest BCUT2D eigenvalue weighted by molar-refractivity contribution is 6.00. The van der Waals surface area contributed by atoms with Crippen molar-refractivity contribution in [2.45, 2.75) is 45.7 Å². The quantitative estimate of drug-likeness (QED) is 0.837. The van der Waals surface area contributed by atoms with Crippen LogP contribution in [0.15, 0.2) is 18.2 Å². The first kappa shape index (κ1) is 10.2. The molecular formula is C19H27NO5. The van der Waals surface area contributed by atoms with Crippen LogP contribution in [0.3, 0.4) is 0 Å². The van der Waals surface area contributed by atoms with Crippen molar-refractivity contribution in [1.29, 1.82) is 0 Å². The van der Waals surface area contributed by atoms with Crippen molar-refractivity contribution in [2.75, 3.05) is 20.1 Å². The van der Waals surface area contributed by atoms with Crippen LogP contribution in [-0.2, 0) is 11.3 Å². The Kier molecular flexibility index (Phi) is 3.20. The summed E-state index contributed by atoms with van der Waals surface area (Å²) in [6.45, 7) is -3.89. The Morgan fingerprint density at radius 1 is 1.36 bits per heavy atom. The van der Waals surface area contributed by atoms with E-state index in [2.05, 4.69) is 0 Å². The summed E-state index contributed by atoms with van der Waals surface area (Å²) in [5.74, 6) is -5.69. The largest absolute Gasteiger partial charge is 0.496 e. The molecule has 25 heavy (non-hydrogen) atoms. The van der Waals surface area contributed by atoms with Crippen molar-refractivity contribution in [3.05, 3.63) is 29.3 Å². The molecule has 0 saturated carbocycles. The molecule has 1 N–H and O–H groups in total. The van der Waals surface area contributed by atoms with Gasteiger partial charge in [0.25, 0.3) is 0 Å². The summed E-state index contributed by atoms with van der Waals surface area (Å²) in [4.78, 5) is 26.0. The molecule has 0 unspecified atom stereocenters. The third kappa shape index (κ3) is 4.72. The molecule has 1 aliphatic heterocycles. The summed E-state index contributed by atoms with van der Waals surface area (Å²) >= 11 is 0. The van der Waals surface area contributed by atoms with E-state index >= 15 is 0 Å². The number of methoxy groups -OCH3 is 1. The van der Waals surface area contributed by atoms with Gasteiger partial charge < -0.3 is 19.5 Å². The molecule has 0 atom stereocenters. The van der Waals surface area contributed by atoms with E-state index in [1.54, 1.807) is 0 Å². The van der Waals surface area contributed by atoms with Crippen LogP contribution < -0.4 is 4.74 Å². The minimum Gasteiger partial charge on any atom is -0.496 e. The zero-order valence-corrected chi connectivity index (χ0v) is 14.5. The second-order valence-corrected chi connectivity index (χ2v) is 6.15. The molecule has 0 radical (unpaired) electrons. The summed E-state index contributed by atoms with van der Waals surface area (Å²) in [7, 11) is 1.12. The highest BCUT2D eigenvalue weighted by Crippen LogP contribution is 2.30. The number of likely N-dealkylation sites (tertiary alicyclic amines) is 1. The van der Waals surface area contributed by atoms with Gasteiger partial charge in [-0.1, -0.05) is 12.1 Å². The second kappa shape index (κ2) is 7.87. The number of piperidine rings is 1. The molecule has 2 rings (SSSR count). The lowest BCUT2D eigenvalue weighted by molar-refractivity contribution is 0.0182. The van der Waals surface area contributed by atoms with Crippen molar-refractivity contribution in [3.63, 3.8) is 0 Å². The second-order valence-electron chi connectivity index (χ2n) is 6.15. The molecule has 1 fully saturated rings. The fourth-order valence-electron chi connectivity index (χ4n) is 2.06. The lowest BCUT2D eigenvalue weighted by Crippen LogP contribution is -2.43. The lowest BCUT2D eigenvalue weighted by atomic mass is 9.88. The molecule has 0 aliphatic carbocycles. The Morgan fingerprint density at radius 2 is 2.00 bits per heavy atom. The van der Waals surface area contributed by atoms with Gasteiger partial charge in [0, 0.05) is 36.8 Å². The molecule has 1 heterocycles. The van der Waals surface area contributed by atoms with Gasteiger partial charge in [0.05, 0.1) is 19.3 Å². The van der Waals surface area contributed by atoms with E-state index in [9.17, 15) is 14.7 Å². The fourth-order valence-corrected chi connectivity index (χ4v) is 2.06. The molecule has 1 aromatic rings. The maximum Gasteiger partial charge on any atom is 0.410 e. The smallest absolute Gasteiger partial charge is 0.410 e. The molecule has 1 aromatic carbocycles. The number of nitrogens with zero attached hydrogens (tertiary/aromatic N) is 1. The summed E-state index contributed by atoms with van der Waals surface area (Å²) < 4.78 is 85.7. The number of aliphatic hydroxyl groups is 1. The number of rotatable bonds is 4. The van der Waals surface area contributed by atoms with Gasteiger partial charge in [0.2, 0.25) is 0 Å². The number of hydrogen-bond donors (Lipinski definition) is 1. The number of aliphatic hydroxyl groups excluding tert-OH is 1. The molecule has 6 heteroatoms. The molecule has 6 nitrogen and oxygen atoms in total. The number of ether oxygens (including phenoxy) is 2. The van der Waals surface area contributed by atoms with Crippen molar-refractivity contribution in [2.24, 2.45) is 5.89 Å². The summed E-state index contributed by atoms with van der Waals surface area (Å²) in [6.07, 6.45) is -9.31. The van der Waals surface area contributed by atoms with E-state index in [1.165, 1.54) is 32.9 Å². The van der Waals surface area contributed by atoms with Gasteiger partial charge >= 0.3 is 6.09 Å². The Balaban J connectivity index is 2.85. The van der Waals surface area contributed by atoms with E-state index < -0.39 is 61.3 Å². The molecule has 138 valence electrons. The van der Waals surface area contributed by atoms with Gasteiger partial charge in [0.1, 0.15) is 11.4 Å². The van der Waals surface area contributed by atoms with Crippen molar-refractivity contribution >= 4 is 11.9 Å². The van der Waals surface area contributed by atoms with E-state index in [0.29, 0.717) is 0 Å². The standard InChI is InChI=1S/C19H27NO5/c1-19(2,3)25-18(23)20-10-8-13(9-11-20)16(22)15-7-5-6-14(12-21)17(15)24-4/h5-7,13,21H,8-12H2,1-4H3/i8D2,9D2,10D2,11D2,13D. The van der Waals surface area contributed by atoms with Crippen LogP contribution in [0.2, 0.25) is 0 Å². The Labute approximate surface area is 161 Å². The number of Topliss-reactive ketones (excluding diaryl/α,β-unsaturated/α-hetero) is 1. The van der Waals surface area contributed by atoms with Gasteiger partial charge in [-0.2, -0.15) is 0 Å². The van der Waals surface area contributed by atoms with Gasteiger partial charge in [-0.3, -0.25) is 4.79 Å². The number of para-hydroxylation sites is 1. The number of ketones is 1. The van der Waals surface area contributed by atoms with Crippen LogP contribution in [0, 0.1) is 5.89 Å². The SMILES string of the molecule is [2H]C1([2H])N(C(=O)OC(C)(C)C)C([2H])([2H])C([2H])([2H])C([2H])(C(=O)c2cccc(CO)c2OC)C1([2H])[2H]. The zero-order chi connectivity index (χ0) is 26.7. The number of carbonyl (C=O) groups is 2. The molecule has 0 bridgehead atoms. The number of carbonyl (C=O) groups excluding carboxylic acids is 2. The predicted octanol–water partition coefficient (Wildman–Crippen LogP) is 3.02. The third-order valence-corrected chi connectivity index (χ3v) is 3.10. The maximum absolute atomic E-state index is 13.6. The topological polar surface area (TPSA) is 76.1 Å². The Hall–Kier alpha value is -2.08. The zero-order valence-electron chi connectivity index (χ0n) is 23.5. The third-order valence-electron chi connectivity index (χ3n) is 3.10. The number of amides is 1. The highest BCUT2D eigenvalue weighted by atomic mass is 16.6. The summed E-state index contributed by atoms with van der Waals surface area (Å²) in [5.41, 5.74) is -1.78. The van der Waals surface area contributed by atoms with Gasteiger partial charge in [-0.25, -0.2) is 4.79 Å². The molecule has 1 aliphatic rings. The van der Waals surface area contributed by atoms with Gasteiger partial charge in [-0.05, 0) is 39.6 Å². The van der Waals surface area contributed by atoms with Crippen LogP contribution in [0.1, 0.15) is 61.8 Å². The predicted molar refractivity (Wildman–Crippen MR) is 93.8 cm³/mol. The minimum atomic E-state index is -3.80. The molecule has 1 saturated heterocycles. The Bertz CT molecular complexity index is 963. The van der Waals surface area contributed by atoms with Crippen LogP contribution in [-0.4, -0.2) is 47.6 Å². The number of benzene rings is 1. The van der Waals surface area contributed by atoms with E-state index in [0.717, 1.165) is 13.2 Å². The first-order chi connectivity index (χ1) is 15.2. The first-order valence-electron chi connectivity index (χ1n) is 12.0. The van der Waals surface area contributed by atoms with Crippen molar-refractivity contribution < 1.29 is 36.5 Å². The first-order valence-corrected chi connectivity index (χ1v) is 7.51. The van der Waals surface area contributed by atoms with E-state index in [4.69, 9.17) is 21.8 Å². The number of hydrogen-bond acceptors (Lipinski definition) is 5. The average Bonchev–Trinajstić information content (AvgIpc) is 2.68. The van der Waals surface area contributed by atoms with Crippen LogP contribution >= 0.6 is 0 Å². The molecular weight excluding hydrogens is 322 g/mol. The molecule has 1 amide bonds. The molecule has 0 spiro atoms. The van der Waals surface area contributed by atoms with Crippen LogP contribution in [0.25, 0.3) is 0 Å². The molecule has 0 aromatic heterocycles. The van der Waals surface area contributed by atoms with E-state index in [-0.39, 0.29) is 16.2 Å². The lowest BCUT2D eigenvalue weighted by Gasteiger charge is -2.33. The maximum atomic E-state index is 13.6. The average molecular weight is 358 g/mol. The van der Waals surface area contributed by atoms with Gasteiger partial charge in [0.15, 0.2) is 5.78 Å². The van der Waals surface area contributed by atoms with Crippen LogP contribution in [0.4, 0.5) is 4.79 Å². The summed E-state index contributed by atoms with van der Waals surface area (Å²) in [5, 5.41) is 9.53. The minimum absolute atomic E-state index is 0.0512. The Morgan fingerprint density at radius 3 is 2.52 bits per heavy atom. The monoisotopic (exact) mass is 358 g/mol. The highest BCUT2D eigenvalue weighted by Gasteiger charge is 2.31. The summed E-state index contributed by atoms with van der Waals surface area (Å²) in [6, 6.07) is 3.68. The van der Waals surface area contributed by atoms with Crippen molar-refractivity contribution in [1.82, 2.24) is 4.90 Å². The normalized spacial score (nSPS) is 30.4. The van der Waals surface area contributed by atoms with Crippen molar-refractivity contribution in [3.8, 4) is 5.75 Å². The fraction of sp³-hybridized carbons (Fsp3) is 0.579.